The van der Waals surface area contributed by atoms with Gasteiger partial charge in [-0.15, -0.1) is 0 Å². The Bertz CT molecular complexity index is 930. The molecule has 0 atom stereocenters. The van der Waals surface area contributed by atoms with Crippen molar-refractivity contribution in [2.75, 3.05) is 32.1 Å². The number of rotatable bonds is 9. The normalized spacial score (nSPS) is 11.3. The highest BCUT2D eigenvalue weighted by molar-refractivity contribution is 7.89. The van der Waals surface area contributed by atoms with Gasteiger partial charge in [0.05, 0.1) is 17.7 Å². The van der Waals surface area contributed by atoms with Crippen molar-refractivity contribution in [1.29, 1.82) is 0 Å². The second-order valence-electron chi connectivity index (χ2n) is 5.75. The van der Waals surface area contributed by atoms with Crippen LogP contribution in [0.15, 0.2) is 47.4 Å². The highest BCUT2D eigenvalue weighted by Crippen LogP contribution is 2.29. The molecule has 0 spiro atoms. The topological polar surface area (TPSA) is 84.9 Å². The molecular formula is C19H23ClN2O5S. The Morgan fingerprint density at radius 3 is 2.46 bits per heavy atom. The molecule has 0 fully saturated rings. The molecule has 2 aromatic rings. The Morgan fingerprint density at radius 1 is 1.14 bits per heavy atom. The maximum absolute atomic E-state index is 12.7. The number of nitrogens with zero attached hydrogens (tertiary/aromatic N) is 1. The molecule has 0 heterocycles. The van der Waals surface area contributed by atoms with E-state index >= 15 is 0 Å². The number of halogens is 1. The van der Waals surface area contributed by atoms with Gasteiger partial charge in [-0.1, -0.05) is 31.5 Å². The number of ether oxygens (including phenoxy) is 2. The minimum atomic E-state index is -3.66. The predicted octanol–water partition coefficient (Wildman–Crippen LogP) is 3.40. The maximum atomic E-state index is 12.7. The summed E-state index contributed by atoms with van der Waals surface area (Å²) in [4.78, 5) is 12.3. The zero-order valence-corrected chi connectivity index (χ0v) is 17.5. The van der Waals surface area contributed by atoms with Crippen molar-refractivity contribution in [2.24, 2.45) is 0 Å². The summed E-state index contributed by atoms with van der Waals surface area (Å²) in [5.74, 6) is 0.331. The van der Waals surface area contributed by atoms with E-state index in [-0.39, 0.29) is 17.2 Å². The number of carbonyl (C=O) groups excluding carboxylic acids is 1. The first kappa shape index (κ1) is 22.0. The van der Waals surface area contributed by atoms with Crippen LogP contribution >= 0.6 is 11.6 Å². The summed E-state index contributed by atoms with van der Waals surface area (Å²) in [7, 11) is -2.23. The summed E-state index contributed by atoms with van der Waals surface area (Å²) in [5, 5.41) is 3.12. The molecule has 2 aromatic carbocycles. The van der Waals surface area contributed by atoms with Gasteiger partial charge in [0.1, 0.15) is 11.5 Å². The molecule has 0 saturated heterocycles. The van der Waals surface area contributed by atoms with Crippen LogP contribution in [0.1, 0.15) is 13.8 Å². The zero-order chi connectivity index (χ0) is 20.7. The third-order valence-electron chi connectivity index (χ3n) is 3.95. The minimum Gasteiger partial charge on any atom is -0.495 e. The number of hydrogen-bond donors (Lipinski definition) is 1. The molecule has 7 nitrogen and oxygen atoms in total. The highest BCUT2D eigenvalue weighted by Gasteiger charge is 2.23. The average molecular weight is 427 g/mol. The molecule has 0 aliphatic carbocycles. The first-order chi connectivity index (χ1) is 13.3. The van der Waals surface area contributed by atoms with E-state index in [1.807, 2.05) is 0 Å². The Hall–Kier alpha value is -2.29. The van der Waals surface area contributed by atoms with Gasteiger partial charge in [0.25, 0.3) is 5.91 Å². The number of hydrogen-bond acceptors (Lipinski definition) is 5. The van der Waals surface area contributed by atoms with E-state index in [4.69, 9.17) is 21.1 Å². The van der Waals surface area contributed by atoms with E-state index in [1.54, 1.807) is 38.1 Å². The van der Waals surface area contributed by atoms with Gasteiger partial charge in [-0.05, 0) is 36.4 Å². The van der Waals surface area contributed by atoms with Crippen molar-refractivity contribution < 1.29 is 22.7 Å². The van der Waals surface area contributed by atoms with Crippen LogP contribution in [-0.2, 0) is 14.8 Å². The molecule has 1 N–H and O–H groups in total. The van der Waals surface area contributed by atoms with Gasteiger partial charge in [-0.2, -0.15) is 4.31 Å². The van der Waals surface area contributed by atoms with Crippen molar-refractivity contribution >= 4 is 33.2 Å². The average Bonchev–Trinajstić information content (AvgIpc) is 2.67. The lowest BCUT2D eigenvalue weighted by molar-refractivity contribution is -0.118. The maximum Gasteiger partial charge on any atom is 0.262 e. The van der Waals surface area contributed by atoms with Crippen molar-refractivity contribution in [3.63, 3.8) is 0 Å². The largest absolute Gasteiger partial charge is 0.495 e. The van der Waals surface area contributed by atoms with Crippen molar-refractivity contribution in [1.82, 2.24) is 4.31 Å². The fourth-order valence-electron chi connectivity index (χ4n) is 2.55. The summed E-state index contributed by atoms with van der Waals surface area (Å²) < 4.78 is 37.4. The number of carbonyl (C=O) groups is 1. The Kier molecular flexibility index (Phi) is 7.68. The Balaban J connectivity index is 2.18. The summed E-state index contributed by atoms with van der Waals surface area (Å²) in [6.45, 7) is 3.96. The lowest BCUT2D eigenvalue weighted by Crippen LogP contribution is -2.30. The fraction of sp³-hybridized carbons (Fsp3) is 0.316. The first-order valence-corrected chi connectivity index (χ1v) is 10.5. The van der Waals surface area contributed by atoms with Crippen molar-refractivity contribution in [3.05, 3.63) is 47.5 Å². The third-order valence-corrected chi connectivity index (χ3v) is 6.24. The predicted molar refractivity (Wildman–Crippen MR) is 109 cm³/mol. The van der Waals surface area contributed by atoms with Gasteiger partial charge in [-0.25, -0.2) is 8.42 Å². The molecule has 28 heavy (non-hydrogen) atoms. The van der Waals surface area contributed by atoms with Gasteiger partial charge >= 0.3 is 0 Å². The molecule has 0 aliphatic heterocycles. The first-order valence-electron chi connectivity index (χ1n) is 8.68. The number of methoxy groups -OCH3 is 1. The summed E-state index contributed by atoms with van der Waals surface area (Å²) in [5.41, 5.74) is 0.246. The molecule has 0 bridgehead atoms. The fourth-order valence-corrected chi connectivity index (χ4v) is 4.21. The van der Waals surface area contributed by atoms with E-state index in [0.717, 1.165) is 0 Å². The van der Waals surface area contributed by atoms with Gasteiger partial charge in [0.2, 0.25) is 10.0 Å². The minimum absolute atomic E-state index is 0.0723. The van der Waals surface area contributed by atoms with Crippen LogP contribution in [-0.4, -0.2) is 45.4 Å². The number of amides is 1. The molecule has 0 aromatic heterocycles. The van der Waals surface area contributed by atoms with Crippen LogP contribution < -0.4 is 14.8 Å². The number of nitrogens with one attached hydrogen (secondary N) is 1. The molecule has 1 amide bonds. The molecule has 0 aliphatic rings. The van der Waals surface area contributed by atoms with Gasteiger partial charge in [0, 0.05) is 18.1 Å². The van der Waals surface area contributed by atoms with Crippen LogP contribution in [0, 0.1) is 0 Å². The van der Waals surface area contributed by atoms with Gasteiger partial charge < -0.3 is 14.8 Å². The van der Waals surface area contributed by atoms with E-state index < -0.39 is 15.9 Å². The highest BCUT2D eigenvalue weighted by atomic mass is 35.5. The van der Waals surface area contributed by atoms with Crippen LogP contribution in [0.4, 0.5) is 5.69 Å². The monoisotopic (exact) mass is 426 g/mol. The smallest absolute Gasteiger partial charge is 0.262 e. The standard InChI is InChI=1S/C19H23ClN2O5S/c1-4-22(5-2)28(24,25)16-9-10-18(26-3)17(12-16)21-19(23)13-27-15-8-6-7-14(20)11-15/h6-12H,4-5,13H2,1-3H3,(H,21,23). The quantitative estimate of drug-likeness (QED) is 0.664. The number of sulfonamides is 1. The van der Waals surface area contributed by atoms with Gasteiger partial charge in [-0.3, -0.25) is 4.79 Å². The molecule has 0 radical (unpaired) electrons. The molecule has 2 rings (SSSR count). The third kappa shape index (κ3) is 5.37. The summed E-state index contributed by atoms with van der Waals surface area (Å²) >= 11 is 5.88. The second-order valence-corrected chi connectivity index (χ2v) is 8.12. The SMILES string of the molecule is CCN(CC)S(=O)(=O)c1ccc(OC)c(NC(=O)COc2cccc(Cl)c2)c1. The molecule has 0 saturated carbocycles. The van der Waals surface area contributed by atoms with Crippen LogP contribution in [0.25, 0.3) is 0 Å². The summed E-state index contributed by atoms with van der Waals surface area (Å²) in [6, 6.07) is 11.0. The van der Waals surface area contributed by atoms with Crippen molar-refractivity contribution in [3.8, 4) is 11.5 Å². The van der Waals surface area contributed by atoms with E-state index in [1.165, 1.54) is 29.6 Å². The van der Waals surface area contributed by atoms with Crippen LogP contribution in [0.3, 0.4) is 0 Å². The zero-order valence-electron chi connectivity index (χ0n) is 15.9. The molecule has 0 unspecified atom stereocenters. The molecular weight excluding hydrogens is 404 g/mol. The number of benzene rings is 2. The van der Waals surface area contributed by atoms with Crippen LogP contribution in [0.2, 0.25) is 5.02 Å². The second kappa shape index (κ2) is 9.77. The summed E-state index contributed by atoms with van der Waals surface area (Å²) in [6.07, 6.45) is 0. The Morgan fingerprint density at radius 2 is 1.86 bits per heavy atom. The molecule has 9 heteroatoms. The van der Waals surface area contributed by atoms with Crippen molar-refractivity contribution in [2.45, 2.75) is 18.7 Å². The lowest BCUT2D eigenvalue weighted by Gasteiger charge is -2.19. The Labute approximate surface area is 170 Å². The van der Waals surface area contributed by atoms with E-state index in [2.05, 4.69) is 5.32 Å². The lowest BCUT2D eigenvalue weighted by atomic mass is 10.3. The van der Waals surface area contributed by atoms with E-state index in [9.17, 15) is 13.2 Å². The number of anilines is 1. The van der Waals surface area contributed by atoms with Crippen LogP contribution in [0.5, 0.6) is 11.5 Å². The van der Waals surface area contributed by atoms with Gasteiger partial charge in [0.15, 0.2) is 6.61 Å². The molecule has 152 valence electrons. The van der Waals surface area contributed by atoms with E-state index in [0.29, 0.717) is 29.6 Å².